The van der Waals surface area contributed by atoms with Gasteiger partial charge in [0.1, 0.15) is 0 Å². The molecule has 1 amide bonds. The van der Waals surface area contributed by atoms with Crippen LogP contribution in [0.5, 0.6) is 0 Å². The fourth-order valence-electron chi connectivity index (χ4n) is 3.28. The van der Waals surface area contributed by atoms with Crippen LogP contribution in [-0.4, -0.2) is 51.7 Å². The first kappa shape index (κ1) is 19.4. The molecule has 1 aliphatic heterocycles. The van der Waals surface area contributed by atoms with Crippen LogP contribution in [0.2, 0.25) is 5.02 Å². The van der Waals surface area contributed by atoms with Crippen molar-refractivity contribution >= 4 is 33.4 Å². The van der Waals surface area contributed by atoms with E-state index >= 15 is 0 Å². The molecule has 0 N–H and O–H groups in total. The van der Waals surface area contributed by atoms with Crippen LogP contribution in [0.3, 0.4) is 0 Å². The number of hydrogen-bond donors (Lipinski definition) is 0. The summed E-state index contributed by atoms with van der Waals surface area (Å²) in [4.78, 5) is 16.8. The summed E-state index contributed by atoms with van der Waals surface area (Å²) in [6.07, 6.45) is 0.485. The Morgan fingerprint density at radius 1 is 1.19 bits per heavy atom. The number of aromatic nitrogens is 2. The number of halogens is 2. The highest BCUT2D eigenvalue weighted by Crippen LogP contribution is 2.20. The molecule has 0 unspecified atom stereocenters. The Hall–Kier alpha value is -1.37. The molecule has 1 saturated heterocycles. The maximum atomic E-state index is 12.5. The molecule has 0 bridgehead atoms. The van der Waals surface area contributed by atoms with Crippen molar-refractivity contribution in [2.75, 3.05) is 26.2 Å². The maximum absolute atomic E-state index is 12.5. The number of rotatable bonds is 5. The molecule has 0 spiro atoms. The second-order valence-corrected chi connectivity index (χ2v) is 7.91. The summed E-state index contributed by atoms with van der Waals surface area (Å²) in [5.74, 6) is 0.200. The van der Waals surface area contributed by atoms with Gasteiger partial charge in [-0.15, -0.1) is 0 Å². The molecular formula is C19H24BrClN4O. The molecular weight excluding hydrogens is 416 g/mol. The molecule has 140 valence electrons. The third-order valence-electron chi connectivity index (χ3n) is 4.91. The van der Waals surface area contributed by atoms with E-state index in [-0.39, 0.29) is 5.91 Å². The van der Waals surface area contributed by atoms with Crippen LogP contribution in [0.25, 0.3) is 0 Å². The average Bonchev–Trinajstić information content (AvgIpc) is 2.89. The normalized spacial score (nSPS) is 15.5. The van der Waals surface area contributed by atoms with Crippen LogP contribution >= 0.6 is 27.5 Å². The molecule has 2 heterocycles. The van der Waals surface area contributed by atoms with E-state index < -0.39 is 0 Å². The molecule has 1 aliphatic rings. The van der Waals surface area contributed by atoms with Crippen molar-refractivity contribution in [2.24, 2.45) is 0 Å². The van der Waals surface area contributed by atoms with E-state index in [2.05, 4.69) is 32.0 Å². The summed E-state index contributed by atoms with van der Waals surface area (Å²) in [5, 5.41) is 5.28. The van der Waals surface area contributed by atoms with Gasteiger partial charge in [-0.05, 0) is 41.4 Å². The Balaban J connectivity index is 1.47. The first-order chi connectivity index (χ1) is 12.5. The van der Waals surface area contributed by atoms with Gasteiger partial charge in [0, 0.05) is 49.9 Å². The van der Waals surface area contributed by atoms with Crippen molar-refractivity contribution in [2.45, 2.75) is 33.4 Å². The van der Waals surface area contributed by atoms with Crippen LogP contribution in [-0.2, 0) is 17.9 Å². The van der Waals surface area contributed by atoms with E-state index in [4.69, 9.17) is 11.6 Å². The van der Waals surface area contributed by atoms with E-state index in [0.717, 1.165) is 59.2 Å². The summed E-state index contributed by atoms with van der Waals surface area (Å²) in [6.45, 7) is 8.73. The second-order valence-electron chi connectivity index (χ2n) is 6.71. The number of carbonyl (C=O) groups is 1. The Bertz CT molecular complexity index is 784. The fraction of sp³-hybridized carbons (Fsp3) is 0.474. The third-order valence-corrected chi connectivity index (χ3v) is 6.42. The zero-order chi connectivity index (χ0) is 18.7. The van der Waals surface area contributed by atoms with Crippen LogP contribution in [0.4, 0.5) is 0 Å². The lowest BCUT2D eigenvalue weighted by Gasteiger charge is -2.35. The zero-order valence-electron chi connectivity index (χ0n) is 15.2. The molecule has 1 aromatic carbocycles. The smallest absolute Gasteiger partial charge is 0.224 e. The van der Waals surface area contributed by atoms with Crippen LogP contribution in [0.1, 0.15) is 23.4 Å². The molecule has 5 nitrogen and oxygen atoms in total. The summed E-state index contributed by atoms with van der Waals surface area (Å²) in [5.41, 5.74) is 3.17. The SMILES string of the molecule is Cc1nn(CCC(=O)N2CCN(Cc3ccccc3Cl)CC2)c(C)c1Br. The summed E-state index contributed by atoms with van der Waals surface area (Å²) in [7, 11) is 0. The van der Waals surface area contributed by atoms with Crippen molar-refractivity contribution in [3.63, 3.8) is 0 Å². The van der Waals surface area contributed by atoms with E-state index in [1.54, 1.807) is 0 Å². The van der Waals surface area contributed by atoms with Gasteiger partial charge in [-0.3, -0.25) is 14.4 Å². The first-order valence-corrected chi connectivity index (χ1v) is 10.1. The first-order valence-electron chi connectivity index (χ1n) is 8.88. The molecule has 26 heavy (non-hydrogen) atoms. The van der Waals surface area contributed by atoms with E-state index in [9.17, 15) is 4.79 Å². The molecule has 1 aromatic heterocycles. The highest BCUT2D eigenvalue weighted by molar-refractivity contribution is 9.10. The summed E-state index contributed by atoms with van der Waals surface area (Å²) < 4.78 is 2.93. The summed E-state index contributed by atoms with van der Waals surface area (Å²) in [6, 6.07) is 7.95. The third kappa shape index (κ3) is 4.48. The average molecular weight is 440 g/mol. The number of piperazine rings is 1. The summed E-state index contributed by atoms with van der Waals surface area (Å²) >= 11 is 9.77. The predicted molar refractivity (Wildman–Crippen MR) is 107 cm³/mol. The van der Waals surface area contributed by atoms with Crippen LogP contribution in [0.15, 0.2) is 28.7 Å². The minimum atomic E-state index is 0.200. The van der Waals surface area contributed by atoms with Gasteiger partial charge in [-0.2, -0.15) is 5.10 Å². The molecule has 0 aliphatic carbocycles. The monoisotopic (exact) mass is 438 g/mol. The number of nitrogens with zero attached hydrogens (tertiary/aromatic N) is 4. The Labute approximate surface area is 168 Å². The second kappa shape index (κ2) is 8.55. The highest BCUT2D eigenvalue weighted by Gasteiger charge is 2.21. The molecule has 0 atom stereocenters. The maximum Gasteiger partial charge on any atom is 0.224 e. The number of benzene rings is 1. The van der Waals surface area contributed by atoms with Gasteiger partial charge in [-0.25, -0.2) is 0 Å². The van der Waals surface area contributed by atoms with Gasteiger partial charge in [0.25, 0.3) is 0 Å². The van der Waals surface area contributed by atoms with Gasteiger partial charge in [0.05, 0.1) is 16.7 Å². The van der Waals surface area contributed by atoms with E-state index in [0.29, 0.717) is 13.0 Å². The standard InChI is InChI=1S/C19H24BrClN4O/c1-14-19(20)15(2)25(22-14)8-7-18(26)24-11-9-23(10-12-24)13-16-5-3-4-6-17(16)21/h3-6H,7-13H2,1-2H3. The Morgan fingerprint density at radius 2 is 1.88 bits per heavy atom. The largest absolute Gasteiger partial charge is 0.340 e. The lowest BCUT2D eigenvalue weighted by atomic mass is 10.2. The molecule has 0 saturated carbocycles. The van der Waals surface area contributed by atoms with Crippen molar-refractivity contribution in [1.29, 1.82) is 0 Å². The molecule has 3 rings (SSSR count). The van der Waals surface area contributed by atoms with Crippen molar-refractivity contribution < 1.29 is 4.79 Å². The van der Waals surface area contributed by atoms with E-state index in [1.165, 1.54) is 0 Å². The van der Waals surface area contributed by atoms with Crippen molar-refractivity contribution in [1.82, 2.24) is 19.6 Å². The zero-order valence-corrected chi connectivity index (χ0v) is 17.6. The van der Waals surface area contributed by atoms with E-state index in [1.807, 2.05) is 41.6 Å². The number of carbonyl (C=O) groups excluding carboxylic acids is 1. The van der Waals surface area contributed by atoms with Gasteiger partial charge < -0.3 is 4.90 Å². The highest BCUT2D eigenvalue weighted by atomic mass is 79.9. The van der Waals surface area contributed by atoms with Gasteiger partial charge in [0.15, 0.2) is 0 Å². The Morgan fingerprint density at radius 3 is 2.50 bits per heavy atom. The minimum absolute atomic E-state index is 0.200. The van der Waals surface area contributed by atoms with Crippen molar-refractivity contribution in [3.8, 4) is 0 Å². The van der Waals surface area contributed by atoms with Crippen molar-refractivity contribution in [3.05, 3.63) is 50.7 Å². The molecule has 0 radical (unpaired) electrons. The van der Waals surface area contributed by atoms with Crippen LogP contribution < -0.4 is 0 Å². The molecule has 1 fully saturated rings. The molecule has 2 aromatic rings. The number of aryl methyl sites for hydroxylation is 2. The predicted octanol–water partition coefficient (Wildman–Crippen LogP) is 3.65. The lowest BCUT2D eigenvalue weighted by molar-refractivity contribution is -0.133. The van der Waals surface area contributed by atoms with Gasteiger partial charge >= 0.3 is 0 Å². The number of amides is 1. The molecule has 7 heteroatoms. The quantitative estimate of drug-likeness (QED) is 0.714. The Kier molecular flexibility index (Phi) is 6.37. The van der Waals surface area contributed by atoms with Crippen LogP contribution in [0, 0.1) is 13.8 Å². The number of hydrogen-bond acceptors (Lipinski definition) is 3. The fourth-order valence-corrected chi connectivity index (χ4v) is 3.75. The lowest BCUT2D eigenvalue weighted by Crippen LogP contribution is -2.48. The minimum Gasteiger partial charge on any atom is -0.340 e. The van der Waals surface area contributed by atoms with Gasteiger partial charge in [-0.1, -0.05) is 29.8 Å². The van der Waals surface area contributed by atoms with Gasteiger partial charge in [0.2, 0.25) is 5.91 Å². The topological polar surface area (TPSA) is 41.4 Å².